The van der Waals surface area contributed by atoms with Gasteiger partial charge in [0.25, 0.3) is 0 Å². The molecule has 0 aliphatic rings. The van der Waals surface area contributed by atoms with Crippen LogP contribution in [-0.2, 0) is 0 Å². The van der Waals surface area contributed by atoms with Crippen LogP contribution in [0.2, 0.25) is 0 Å². The molecular formula is C42H26F2N2. The van der Waals surface area contributed by atoms with Gasteiger partial charge >= 0.3 is 0 Å². The van der Waals surface area contributed by atoms with Crippen LogP contribution in [0.25, 0.3) is 77.2 Å². The number of hydrogen-bond donors (Lipinski definition) is 0. The lowest BCUT2D eigenvalue weighted by Crippen LogP contribution is -1.96. The number of para-hydroxylation sites is 2. The van der Waals surface area contributed by atoms with Gasteiger partial charge in [0.2, 0.25) is 0 Å². The van der Waals surface area contributed by atoms with Crippen LogP contribution in [-0.4, -0.2) is 9.13 Å². The van der Waals surface area contributed by atoms with Gasteiger partial charge in [-0.25, -0.2) is 8.78 Å². The van der Waals surface area contributed by atoms with Gasteiger partial charge in [0.1, 0.15) is 11.6 Å². The number of fused-ring (bicyclic) bond motifs is 6. The van der Waals surface area contributed by atoms with Crippen molar-refractivity contribution in [3.63, 3.8) is 0 Å². The third-order valence-electron chi connectivity index (χ3n) is 9.02. The molecule has 0 saturated carbocycles. The van der Waals surface area contributed by atoms with Crippen molar-refractivity contribution in [1.82, 2.24) is 9.13 Å². The average molecular weight is 597 g/mol. The van der Waals surface area contributed by atoms with E-state index in [2.05, 4.69) is 120 Å². The molecule has 0 amide bonds. The van der Waals surface area contributed by atoms with Crippen molar-refractivity contribution in [1.29, 1.82) is 0 Å². The van der Waals surface area contributed by atoms with Crippen LogP contribution in [0, 0.1) is 11.6 Å². The van der Waals surface area contributed by atoms with Crippen LogP contribution in [0.4, 0.5) is 8.78 Å². The summed E-state index contributed by atoms with van der Waals surface area (Å²) in [6.45, 7) is 0. The highest BCUT2D eigenvalue weighted by molar-refractivity contribution is 6.12. The minimum Gasteiger partial charge on any atom is -0.309 e. The Hall–Kier alpha value is -6.00. The van der Waals surface area contributed by atoms with Crippen LogP contribution >= 0.6 is 0 Å². The zero-order valence-corrected chi connectivity index (χ0v) is 24.7. The fourth-order valence-electron chi connectivity index (χ4n) is 6.96. The largest absolute Gasteiger partial charge is 0.309 e. The Morgan fingerprint density at radius 3 is 1.30 bits per heavy atom. The van der Waals surface area contributed by atoms with Crippen molar-refractivity contribution >= 4 is 43.6 Å². The summed E-state index contributed by atoms with van der Waals surface area (Å²) in [7, 11) is 0. The molecule has 0 radical (unpaired) electrons. The Kier molecular flexibility index (Phi) is 5.90. The Morgan fingerprint density at radius 1 is 0.304 bits per heavy atom. The molecule has 2 nitrogen and oxygen atoms in total. The summed E-state index contributed by atoms with van der Waals surface area (Å²) in [6, 6.07) is 52.4. The first-order chi connectivity index (χ1) is 22.6. The van der Waals surface area contributed by atoms with E-state index < -0.39 is 11.6 Å². The van der Waals surface area contributed by atoms with Crippen LogP contribution in [0.1, 0.15) is 0 Å². The summed E-state index contributed by atoms with van der Waals surface area (Å²) in [6.07, 6.45) is 0. The van der Waals surface area contributed by atoms with Crippen LogP contribution in [0.3, 0.4) is 0 Å². The van der Waals surface area contributed by atoms with Crippen molar-refractivity contribution in [2.45, 2.75) is 0 Å². The molecule has 46 heavy (non-hydrogen) atoms. The summed E-state index contributed by atoms with van der Waals surface area (Å²) in [4.78, 5) is 0. The molecule has 0 spiro atoms. The van der Waals surface area contributed by atoms with Gasteiger partial charge in [0.15, 0.2) is 0 Å². The molecule has 0 aliphatic heterocycles. The normalized spacial score (nSPS) is 11.7. The first kappa shape index (κ1) is 26.4. The third kappa shape index (κ3) is 4.15. The third-order valence-corrected chi connectivity index (χ3v) is 9.02. The average Bonchev–Trinajstić information content (AvgIpc) is 3.60. The number of benzene rings is 7. The fraction of sp³-hybridized carbons (Fsp3) is 0. The lowest BCUT2D eigenvalue weighted by molar-refractivity contribution is 0.582. The molecule has 9 aromatic rings. The number of aromatic nitrogens is 2. The summed E-state index contributed by atoms with van der Waals surface area (Å²) in [5.74, 6) is -1.20. The molecule has 0 bridgehead atoms. The molecule has 2 heterocycles. The van der Waals surface area contributed by atoms with E-state index in [1.807, 2.05) is 28.8 Å². The molecule has 218 valence electrons. The molecule has 0 unspecified atom stereocenters. The second kappa shape index (κ2) is 10.3. The standard InChI is InChI=1S/C42H26F2N2/c43-31-24-32(44)26-34(25-31)46-40-13-7-5-11-36(40)38-23-30(17-21-42(38)46)29-16-20-41-37(22-29)35-10-4-6-12-39(35)45(41)33-18-14-28(15-19-33)27-8-2-1-3-9-27/h1-26H. The zero-order chi connectivity index (χ0) is 30.8. The topological polar surface area (TPSA) is 9.86 Å². The van der Waals surface area contributed by atoms with E-state index in [9.17, 15) is 8.78 Å². The van der Waals surface area contributed by atoms with Crippen LogP contribution in [0.5, 0.6) is 0 Å². The highest BCUT2D eigenvalue weighted by atomic mass is 19.1. The molecule has 2 aromatic heterocycles. The van der Waals surface area contributed by atoms with E-state index in [1.54, 1.807) is 0 Å². The molecule has 0 atom stereocenters. The number of nitrogens with zero attached hydrogens (tertiary/aromatic N) is 2. The molecular weight excluding hydrogens is 570 g/mol. The highest BCUT2D eigenvalue weighted by Crippen LogP contribution is 2.38. The monoisotopic (exact) mass is 596 g/mol. The van der Waals surface area contributed by atoms with Gasteiger partial charge < -0.3 is 9.13 Å². The SMILES string of the molecule is Fc1cc(F)cc(-n2c3ccccc3c3cc(-c4ccc5c(c4)c4ccccc4n5-c4ccc(-c5ccccc5)cc4)ccc32)c1. The lowest BCUT2D eigenvalue weighted by Gasteiger charge is -2.10. The van der Waals surface area contributed by atoms with Gasteiger partial charge in [0.05, 0.1) is 27.8 Å². The second-order valence-corrected chi connectivity index (χ2v) is 11.7. The molecule has 9 rings (SSSR count). The van der Waals surface area contributed by atoms with Crippen molar-refractivity contribution in [3.8, 4) is 33.6 Å². The Balaban J connectivity index is 1.20. The minimum atomic E-state index is -0.600. The Bertz CT molecular complexity index is 2570. The highest BCUT2D eigenvalue weighted by Gasteiger charge is 2.17. The zero-order valence-electron chi connectivity index (χ0n) is 24.7. The summed E-state index contributed by atoms with van der Waals surface area (Å²) >= 11 is 0. The summed E-state index contributed by atoms with van der Waals surface area (Å²) in [5, 5.41) is 4.43. The Labute approximate surface area is 264 Å². The van der Waals surface area contributed by atoms with Crippen LogP contribution < -0.4 is 0 Å². The maximum Gasteiger partial charge on any atom is 0.128 e. The van der Waals surface area contributed by atoms with E-state index in [-0.39, 0.29) is 0 Å². The van der Waals surface area contributed by atoms with Gasteiger partial charge in [-0.15, -0.1) is 0 Å². The Morgan fingerprint density at radius 2 is 0.739 bits per heavy atom. The predicted molar refractivity (Wildman–Crippen MR) is 186 cm³/mol. The van der Waals surface area contributed by atoms with Crippen molar-refractivity contribution in [3.05, 3.63) is 169 Å². The number of halogens is 2. The number of rotatable bonds is 4. The van der Waals surface area contributed by atoms with Gasteiger partial charge in [0, 0.05) is 33.3 Å². The quantitative estimate of drug-likeness (QED) is 0.191. The van der Waals surface area contributed by atoms with Crippen molar-refractivity contribution in [2.75, 3.05) is 0 Å². The fourth-order valence-corrected chi connectivity index (χ4v) is 6.96. The minimum absolute atomic E-state index is 0.461. The first-order valence-electron chi connectivity index (χ1n) is 15.3. The molecule has 7 aromatic carbocycles. The maximum absolute atomic E-state index is 14.3. The summed E-state index contributed by atoms with van der Waals surface area (Å²) in [5.41, 5.74) is 10.2. The second-order valence-electron chi connectivity index (χ2n) is 11.7. The van der Waals surface area contributed by atoms with Gasteiger partial charge in [-0.3, -0.25) is 0 Å². The van der Waals surface area contributed by atoms with Gasteiger partial charge in [-0.05, 0) is 82.9 Å². The first-order valence-corrected chi connectivity index (χ1v) is 15.3. The van der Waals surface area contributed by atoms with Gasteiger partial charge in [-0.1, -0.05) is 91.0 Å². The van der Waals surface area contributed by atoms with E-state index in [1.165, 1.54) is 34.0 Å². The predicted octanol–water partition coefficient (Wildman–Crippen LogP) is 11.5. The molecule has 0 saturated heterocycles. The van der Waals surface area contributed by atoms with Crippen molar-refractivity contribution < 1.29 is 8.78 Å². The number of hydrogen-bond acceptors (Lipinski definition) is 0. The maximum atomic E-state index is 14.3. The molecule has 0 N–H and O–H groups in total. The van der Waals surface area contributed by atoms with E-state index in [0.29, 0.717) is 5.69 Å². The lowest BCUT2D eigenvalue weighted by atomic mass is 10.0. The smallest absolute Gasteiger partial charge is 0.128 e. The van der Waals surface area contributed by atoms with E-state index in [4.69, 9.17) is 0 Å². The van der Waals surface area contributed by atoms with E-state index in [0.717, 1.165) is 55.7 Å². The van der Waals surface area contributed by atoms with Gasteiger partial charge in [-0.2, -0.15) is 0 Å². The summed E-state index contributed by atoms with van der Waals surface area (Å²) < 4.78 is 32.8. The van der Waals surface area contributed by atoms with Crippen LogP contribution in [0.15, 0.2) is 158 Å². The van der Waals surface area contributed by atoms with Crippen molar-refractivity contribution in [2.24, 2.45) is 0 Å². The molecule has 4 heteroatoms. The van der Waals surface area contributed by atoms with E-state index >= 15 is 0 Å². The molecule has 0 aliphatic carbocycles. The molecule has 0 fully saturated rings.